The Balaban J connectivity index is 1.75. The van der Waals surface area contributed by atoms with Crippen LogP contribution in [0, 0.1) is 0 Å². The van der Waals surface area contributed by atoms with Gasteiger partial charge in [0.25, 0.3) is 11.8 Å². The van der Waals surface area contributed by atoms with Gasteiger partial charge >= 0.3 is 6.03 Å². The van der Waals surface area contributed by atoms with Crippen molar-refractivity contribution >= 4 is 23.5 Å². The summed E-state index contributed by atoms with van der Waals surface area (Å²) in [5.41, 5.74) is 1.96. The van der Waals surface area contributed by atoms with E-state index in [0.29, 0.717) is 0 Å². The lowest BCUT2D eigenvalue weighted by molar-refractivity contribution is -0.134. The first-order chi connectivity index (χ1) is 13.3. The molecule has 2 aliphatic rings. The maximum absolute atomic E-state index is 12.1. The lowest BCUT2D eigenvalue weighted by atomic mass is 10.1. The second-order valence-electron chi connectivity index (χ2n) is 6.44. The molecule has 2 aliphatic heterocycles. The molecule has 2 heterocycles. The standard InChI is InChI=1S/C20H21N3O5/c1-21-18(25)16(19(26)22(2)20(21)27)12-14(24)5-4-9-23-10-8-13-11-15(28-3)6-7-17(13)23/h4-7,9,11-12,24H,8,10H2,1-3H3/b9-4+,14-5-. The number of rotatable bonds is 4. The number of allylic oxidation sites excluding steroid dienone is 3. The van der Waals surface area contributed by atoms with E-state index in [-0.39, 0.29) is 11.3 Å². The van der Waals surface area contributed by atoms with Crippen molar-refractivity contribution in [3.63, 3.8) is 0 Å². The number of aliphatic hydroxyl groups excluding tert-OH is 1. The molecule has 8 heteroatoms. The van der Waals surface area contributed by atoms with Crippen LogP contribution in [0.4, 0.5) is 10.5 Å². The van der Waals surface area contributed by atoms with E-state index in [2.05, 4.69) is 0 Å². The summed E-state index contributed by atoms with van der Waals surface area (Å²) in [5.74, 6) is -0.957. The number of hydrogen-bond donors (Lipinski definition) is 1. The Kier molecular flexibility index (Phi) is 5.21. The average molecular weight is 383 g/mol. The minimum Gasteiger partial charge on any atom is -0.508 e. The summed E-state index contributed by atoms with van der Waals surface area (Å²) < 4.78 is 5.23. The van der Waals surface area contributed by atoms with Gasteiger partial charge in [-0.25, -0.2) is 4.79 Å². The Morgan fingerprint density at radius 1 is 1.14 bits per heavy atom. The van der Waals surface area contributed by atoms with Crippen molar-refractivity contribution < 1.29 is 24.2 Å². The lowest BCUT2D eigenvalue weighted by Crippen LogP contribution is -2.53. The van der Waals surface area contributed by atoms with Gasteiger partial charge in [0, 0.05) is 32.5 Å². The molecule has 1 aromatic carbocycles. The summed E-state index contributed by atoms with van der Waals surface area (Å²) in [7, 11) is 4.19. The van der Waals surface area contributed by atoms with Gasteiger partial charge < -0.3 is 14.7 Å². The number of nitrogens with zero attached hydrogens (tertiary/aromatic N) is 3. The number of carbonyl (C=O) groups is 3. The molecule has 0 aliphatic carbocycles. The monoisotopic (exact) mass is 383 g/mol. The van der Waals surface area contributed by atoms with Gasteiger partial charge in [-0.05, 0) is 48.4 Å². The Hall–Kier alpha value is -3.55. The van der Waals surface area contributed by atoms with Crippen LogP contribution in [0.2, 0.25) is 0 Å². The van der Waals surface area contributed by atoms with Crippen LogP contribution in [0.25, 0.3) is 0 Å². The number of barbiturate groups is 1. The fourth-order valence-corrected chi connectivity index (χ4v) is 3.10. The van der Waals surface area contributed by atoms with Gasteiger partial charge in [0.2, 0.25) is 0 Å². The Morgan fingerprint density at radius 2 is 1.82 bits per heavy atom. The van der Waals surface area contributed by atoms with E-state index in [1.165, 1.54) is 25.7 Å². The summed E-state index contributed by atoms with van der Waals surface area (Å²) in [6, 6.07) is 5.14. The molecule has 3 rings (SSSR count). The van der Waals surface area contributed by atoms with Crippen molar-refractivity contribution in [1.29, 1.82) is 0 Å². The molecular formula is C20H21N3O5. The highest BCUT2D eigenvalue weighted by molar-refractivity contribution is 6.28. The van der Waals surface area contributed by atoms with Gasteiger partial charge in [0.15, 0.2) is 0 Å². The summed E-state index contributed by atoms with van der Waals surface area (Å²) in [6.45, 7) is 0.795. The third kappa shape index (κ3) is 3.48. The van der Waals surface area contributed by atoms with Crippen LogP contribution in [0.1, 0.15) is 5.56 Å². The molecule has 0 spiro atoms. The number of urea groups is 1. The summed E-state index contributed by atoms with van der Waals surface area (Å²) in [5, 5.41) is 10.1. The molecule has 0 aromatic heterocycles. The van der Waals surface area contributed by atoms with E-state index < -0.39 is 17.8 Å². The van der Waals surface area contributed by atoms with Crippen LogP contribution in [0.15, 0.2) is 54.0 Å². The normalized spacial score (nSPS) is 17.7. The number of methoxy groups -OCH3 is 1. The molecule has 0 bridgehead atoms. The number of aliphatic hydroxyl groups is 1. The van der Waals surface area contributed by atoms with E-state index in [1.807, 2.05) is 23.1 Å². The van der Waals surface area contributed by atoms with Gasteiger partial charge in [-0.1, -0.05) is 0 Å². The fraction of sp³-hybridized carbons (Fsp3) is 0.250. The Morgan fingerprint density at radius 3 is 2.46 bits per heavy atom. The molecule has 1 aromatic rings. The van der Waals surface area contributed by atoms with E-state index in [0.717, 1.165) is 40.3 Å². The minimum atomic E-state index is -0.751. The number of anilines is 1. The van der Waals surface area contributed by atoms with Crippen LogP contribution >= 0.6 is 0 Å². The summed E-state index contributed by atoms with van der Waals surface area (Å²) in [6.07, 6.45) is 6.76. The van der Waals surface area contributed by atoms with Crippen molar-refractivity contribution in [2.75, 3.05) is 32.6 Å². The number of hydrogen-bond acceptors (Lipinski definition) is 6. The molecule has 4 amide bonds. The first kappa shape index (κ1) is 19.2. The SMILES string of the molecule is COc1ccc2c(c1)CCN2/C=C/C=C(\O)C=C1C(=O)N(C)C(=O)N(C)C1=O. The molecule has 8 nitrogen and oxygen atoms in total. The van der Waals surface area contributed by atoms with Gasteiger partial charge in [0.05, 0.1) is 7.11 Å². The smallest absolute Gasteiger partial charge is 0.333 e. The van der Waals surface area contributed by atoms with Crippen LogP contribution < -0.4 is 9.64 Å². The molecule has 0 atom stereocenters. The van der Waals surface area contributed by atoms with Crippen molar-refractivity contribution in [3.05, 3.63) is 59.5 Å². The van der Waals surface area contributed by atoms with Crippen LogP contribution in [0.5, 0.6) is 5.75 Å². The number of amides is 4. The van der Waals surface area contributed by atoms with Crippen LogP contribution in [-0.4, -0.2) is 60.5 Å². The van der Waals surface area contributed by atoms with Crippen LogP contribution in [-0.2, 0) is 16.0 Å². The lowest BCUT2D eigenvalue weighted by Gasteiger charge is -2.28. The molecule has 0 unspecified atom stereocenters. The van der Waals surface area contributed by atoms with Gasteiger partial charge in [-0.3, -0.25) is 19.4 Å². The second-order valence-corrected chi connectivity index (χ2v) is 6.44. The number of benzene rings is 1. The van der Waals surface area contributed by atoms with E-state index in [1.54, 1.807) is 19.4 Å². The maximum atomic E-state index is 12.1. The summed E-state index contributed by atoms with van der Waals surface area (Å²) >= 11 is 0. The molecule has 1 N–H and O–H groups in total. The van der Waals surface area contributed by atoms with E-state index in [9.17, 15) is 19.5 Å². The Labute approximate surface area is 162 Å². The van der Waals surface area contributed by atoms with E-state index in [4.69, 9.17) is 4.74 Å². The molecule has 0 radical (unpaired) electrons. The van der Waals surface area contributed by atoms with E-state index >= 15 is 0 Å². The molecule has 1 fully saturated rings. The van der Waals surface area contributed by atoms with Crippen molar-refractivity contribution in [3.8, 4) is 5.75 Å². The minimum absolute atomic E-state index is 0.266. The van der Waals surface area contributed by atoms with Crippen molar-refractivity contribution in [1.82, 2.24) is 9.80 Å². The molecule has 28 heavy (non-hydrogen) atoms. The predicted octanol–water partition coefficient (Wildman–Crippen LogP) is 1.99. The highest BCUT2D eigenvalue weighted by Crippen LogP contribution is 2.31. The van der Waals surface area contributed by atoms with Crippen molar-refractivity contribution in [2.24, 2.45) is 0 Å². The van der Waals surface area contributed by atoms with Gasteiger partial charge in [-0.15, -0.1) is 0 Å². The Bertz CT molecular complexity index is 906. The third-order valence-corrected chi connectivity index (χ3v) is 4.69. The number of fused-ring (bicyclic) bond motifs is 1. The quantitative estimate of drug-likeness (QED) is 0.370. The largest absolute Gasteiger partial charge is 0.508 e. The first-order valence-electron chi connectivity index (χ1n) is 8.66. The number of likely N-dealkylation sites (N-methyl/N-ethyl adjacent to an activating group) is 2. The average Bonchev–Trinajstić information content (AvgIpc) is 3.10. The van der Waals surface area contributed by atoms with Gasteiger partial charge in [-0.2, -0.15) is 0 Å². The topological polar surface area (TPSA) is 90.4 Å². The molecule has 146 valence electrons. The highest BCUT2D eigenvalue weighted by Gasteiger charge is 2.37. The predicted molar refractivity (Wildman–Crippen MR) is 103 cm³/mol. The van der Waals surface area contributed by atoms with Crippen molar-refractivity contribution in [2.45, 2.75) is 6.42 Å². The number of ether oxygens (including phenoxy) is 1. The highest BCUT2D eigenvalue weighted by atomic mass is 16.5. The first-order valence-corrected chi connectivity index (χ1v) is 8.66. The number of carbonyl (C=O) groups excluding carboxylic acids is 3. The second kappa shape index (κ2) is 7.59. The zero-order valence-corrected chi connectivity index (χ0v) is 15.9. The fourth-order valence-electron chi connectivity index (χ4n) is 3.10. The zero-order valence-electron chi connectivity index (χ0n) is 15.9. The zero-order chi connectivity index (χ0) is 20.4. The third-order valence-electron chi connectivity index (χ3n) is 4.69. The molecule has 1 saturated heterocycles. The van der Waals surface area contributed by atoms with Crippen LogP contribution in [0.3, 0.4) is 0 Å². The molecular weight excluding hydrogens is 362 g/mol. The summed E-state index contributed by atoms with van der Waals surface area (Å²) in [4.78, 5) is 39.6. The molecule has 0 saturated carbocycles. The van der Waals surface area contributed by atoms with Gasteiger partial charge in [0.1, 0.15) is 17.1 Å². The number of imide groups is 2. The maximum Gasteiger partial charge on any atom is 0.333 e.